The van der Waals surface area contributed by atoms with Crippen LogP contribution in [0, 0.1) is 23.7 Å². The second kappa shape index (κ2) is 2.24. The fourth-order valence-corrected chi connectivity index (χ4v) is 3.83. The van der Waals surface area contributed by atoms with Crippen LogP contribution >= 0.6 is 0 Å². The van der Waals surface area contributed by atoms with Crippen LogP contribution in [0.15, 0.2) is 5.16 Å². The number of hydrogen-bond donors (Lipinski definition) is 1. The molecule has 0 aromatic carbocycles. The van der Waals surface area contributed by atoms with Gasteiger partial charge < -0.3 is 5.21 Å². The van der Waals surface area contributed by atoms with E-state index in [1.807, 2.05) is 0 Å². The van der Waals surface area contributed by atoms with Crippen molar-refractivity contribution in [1.29, 1.82) is 0 Å². The molecule has 2 heteroatoms. The van der Waals surface area contributed by atoms with Crippen molar-refractivity contribution in [2.75, 3.05) is 0 Å². The van der Waals surface area contributed by atoms with E-state index in [-0.39, 0.29) is 0 Å². The van der Waals surface area contributed by atoms with Gasteiger partial charge in [0.1, 0.15) is 0 Å². The summed E-state index contributed by atoms with van der Waals surface area (Å²) in [5.41, 5.74) is 1.14. The molecular weight excluding hydrogens is 150 g/mol. The fourth-order valence-electron chi connectivity index (χ4n) is 3.83. The number of nitrogens with zero attached hydrogens (tertiary/aromatic N) is 1. The molecule has 0 radical (unpaired) electrons. The molecule has 0 unspecified atom stereocenters. The van der Waals surface area contributed by atoms with Gasteiger partial charge >= 0.3 is 0 Å². The highest BCUT2D eigenvalue weighted by Gasteiger charge is 2.46. The van der Waals surface area contributed by atoms with Crippen LogP contribution in [0.4, 0.5) is 0 Å². The van der Waals surface area contributed by atoms with Crippen molar-refractivity contribution in [3.8, 4) is 0 Å². The van der Waals surface area contributed by atoms with Crippen molar-refractivity contribution >= 4 is 5.71 Å². The van der Waals surface area contributed by atoms with Gasteiger partial charge in [-0.15, -0.1) is 0 Å². The van der Waals surface area contributed by atoms with Crippen LogP contribution in [0.2, 0.25) is 0 Å². The van der Waals surface area contributed by atoms with E-state index in [9.17, 15) is 0 Å². The van der Waals surface area contributed by atoms with Crippen LogP contribution in [0.5, 0.6) is 0 Å². The highest BCUT2D eigenvalue weighted by atomic mass is 16.4. The average molecular weight is 165 g/mol. The molecule has 0 aromatic heterocycles. The predicted octanol–water partition coefficient (Wildman–Crippen LogP) is 2.27. The summed E-state index contributed by atoms with van der Waals surface area (Å²) >= 11 is 0. The Morgan fingerprint density at radius 1 is 0.917 bits per heavy atom. The molecule has 0 amide bonds. The van der Waals surface area contributed by atoms with E-state index in [0.29, 0.717) is 11.8 Å². The molecule has 0 spiro atoms. The van der Waals surface area contributed by atoms with Crippen molar-refractivity contribution in [2.24, 2.45) is 28.8 Å². The molecule has 66 valence electrons. The normalized spacial score (nSPS) is 49.8. The molecule has 0 heterocycles. The average Bonchev–Trinajstić information content (AvgIpc) is 2.02. The Morgan fingerprint density at radius 3 is 1.83 bits per heavy atom. The lowest BCUT2D eigenvalue weighted by atomic mass is 9.55. The summed E-state index contributed by atoms with van der Waals surface area (Å²) in [7, 11) is 0. The predicted molar refractivity (Wildman–Crippen MR) is 46.3 cm³/mol. The quantitative estimate of drug-likeness (QED) is 0.433. The molecule has 0 saturated heterocycles. The van der Waals surface area contributed by atoms with Crippen molar-refractivity contribution in [2.45, 2.75) is 32.1 Å². The molecule has 4 aliphatic rings. The van der Waals surface area contributed by atoms with Gasteiger partial charge in [-0.25, -0.2) is 0 Å². The third-order valence-corrected chi connectivity index (χ3v) is 4.09. The zero-order chi connectivity index (χ0) is 8.13. The summed E-state index contributed by atoms with van der Waals surface area (Å²) in [6.07, 6.45) is 6.71. The van der Waals surface area contributed by atoms with Gasteiger partial charge in [0, 0.05) is 11.8 Å². The largest absolute Gasteiger partial charge is 0.411 e. The molecule has 12 heavy (non-hydrogen) atoms. The Bertz CT molecular complexity index is 204. The Hall–Kier alpha value is -0.530. The van der Waals surface area contributed by atoms with Gasteiger partial charge in [-0.3, -0.25) is 0 Å². The molecular formula is C10H15NO. The number of rotatable bonds is 0. The molecule has 0 aromatic rings. The second-order valence-corrected chi connectivity index (χ2v) is 4.83. The van der Waals surface area contributed by atoms with Crippen LogP contribution in [-0.2, 0) is 0 Å². The van der Waals surface area contributed by atoms with E-state index in [4.69, 9.17) is 5.21 Å². The first-order valence-electron chi connectivity index (χ1n) is 5.08. The maximum absolute atomic E-state index is 8.89. The van der Waals surface area contributed by atoms with E-state index >= 15 is 0 Å². The summed E-state index contributed by atoms with van der Waals surface area (Å²) < 4.78 is 0. The van der Waals surface area contributed by atoms with Gasteiger partial charge in [-0.05, 0) is 43.9 Å². The van der Waals surface area contributed by atoms with Crippen LogP contribution in [-0.4, -0.2) is 10.9 Å². The molecule has 4 aliphatic carbocycles. The molecule has 2 nitrogen and oxygen atoms in total. The second-order valence-electron chi connectivity index (χ2n) is 4.83. The van der Waals surface area contributed by atoms with Crippen LogP contribution in [0.25, 0.3) is 0 Å². The fraction of sp³-hybridized carbons (Fsp3) is 0.900. The zero-order valence-electron chi connectivity index (χ0n) is 7.24. The summed E-state index contributed by atoms with van der Waals surface area (Å²) in [5, 5.41) is 12.4. The molecule has 1 N–H and O–H groups in total. The minimum absolute atomic E-state index is 0.659. The minimum Gasteiger partial charge on any atom is -0.411 e. The van der Waals surface area contributed by atoms with Crippen molar-refractivity contribution in [1.82, 2.24) is 0 Å². The first-order valence-corrected chi connectivity index (χ1v) is 5.08. The van der Waals surface area contributed by atoms with Gasteiger partial charge in [0.2, 0.25) is 0 Å². The Balaban J connectivity index is 1.95. The van der Waals surface area contributed by atoms with Gasteiger partial charge in [0.05, 0.1) is 5.71 Å². The maximum Gasteiger partial charge on any atom is 0.0632 e. The summed E-state index contributed by atoms with van der Waals surface area (Å²) in [5.74, 6) is 3.26. The number of oxime groups is 1. The zero-order valence-corrected chi connectivity index (χ0v) is 7.24. The van der Waals surface area contributed by atoms with Crippen molar-refractivity contribution in [3.05, 3.63) is 0 Å². The SMILES string of the molecule is ON=C1C2CC3CC(C2)CC1C3. The lowest BCUT2D eigenvalue weighted by molar-refractivity contribution is 0.103. The third kappa shape index (κ3) is 0.782. The summed E-state index contributed by atoms with van der Waals surface area (Å²) in [6.45, 7) is 0. The molecule has 4 rings (SSSR count). The first-order chi connectivity index (χ1) is 5.86. The molecule has 0 aliphatic heterocycles. The van der Waals surface area contributed by atoms with E-state index in [1.165, 1.54) is 32.1 Å². The van der Waals surface area contributed by atoms with Gasteiger partial charge in [-0.2, -0.15) is 0 Å². The monoisotopic (exact) mass is 165 g/mol. The Kier molecular flexibility index (Phi) is 1.29. The molecule has 0 atom stereocenters. The molecule has 4 fully saturated rings. The Morgan fingerprint density at radius 2 is 1.42 bits per heavy atom. The highest BCUT2D eigenvalue weighted by molar-refractivity contribution is 5.90. The van der Waals surface area contributed by atoms with Gasteiger partial charge in [-0.1, -0.05) is 5.16 Å². The topological polar surface area (TPSA) is 32.6 Å². The standard InChI is InChI=1S/C10H15NO/c12-11-10-8-2-6-1-7(4-8)5-9(10)3-6/h6-9,12H,1-5H2. The maximum atomic E-state index is 8.89. The molecule has 4 bridgehead atoms. The highest BCUT2D eigenvalue weighted by Crippen LogP contribution is 2.52. The summed E-state index contributed by atoms with van der Waals surface area (Å²) in [6, 6.07) is 0. The van der Waals surface area contributed by atoms with Crippen LogP contribution in [0.1, 0.15) is 32.1 Å². The lowest BCUT2D eigenvalue weighted by Gasteiger charge is -2.49. The van der Waals surface area contributed by atoms with Crippen LogP contribution < -0.4 is 0 Å². The Labute approximate surface area is 72.6 Å². The van der Waals surface area contributed by atoms with Crippen molar-refractivity contribution < 1.29 is 5.21 Å². The van der Waals surface area contributed by atoms with Gasteiger partial charge in [0.15, 0.2) is 0 Å². The van der Waals surface area contributed by atoms with Crippen LogP contribution in [0.3, 0.4) is 0 Å². The number of hydrogen-bond acceptors (Lipinski definition) is 2. The smallest absolute Gasteiger partial charge is 0.0632 e. The summed E-state index contributed by atoms with van der Waals surface area (Å²) in [4.78, 5) is 0. The van der Waals surface area contributed by atoms with E-state index in [1.54, 1.807) is 0 Å². The lowest BCUT2D eigenvalue weighted by Crippen LogP contribution is -2.45. The van der Waals surface area contributed by atoms with E-state index < -0.39 is 0 Å². The van der Waals surface area contributed by atoms with E-state index in [2.05, 4.69) is 5.16 Å². The van der Waals surface area contributed by atoms with Crippen molar-refractivity contribution in [3.63, 3.8) is 0 Å². The third-order valence-electron chi connectivity index (χ3n) is 4.09. The van der Waals surface area contributed by atoms with Gasteiger partial charge in [0.25, 0.3) is 0 Å². The van der Waals surface area contributed by atoms with E-state index in [0.717, 1.165) is 17.5 Å². The minimum atomic E-state index is 0.659. The first kappa shape index (κ1) is 6.93. The molecule has 4 saturated carbocycles.